The summed E-state index contributed by atoms with van der Waals surface area (Å²) in [5.74, 6) is -0.723. The quantitative estimate of drug-likeness (QED) is 0.773. The zero-order valence-electron chi connectivity index (χ0n) is 14.5. The van der Waals surface area contributed by atoms with E-state index in [0.29, 0.717) is 6.42 Å². The van der Waals surface area contributed by atoms with Crippen molar-refractivity contribution >= 4 is 16.4 Å². The third-order valence-corrected chi connectivity index (χ3v) is 5.22. The minimum atomic E-state index is -4.42. The summed E-state index contributed by atoms with van der Waals surface area (Å²) in [5.41, 5.74) is 2.45. The number of carbonyl (C=O) groups excluding carboxylic acids is 1. The Hall–Kier alpha value is -2.38. The Bertz CT molecular complexity index is 867. The first-order valence-electron chi connectivity index (χ1n) is 8.44. The summed E-state index contributed by atoms with van der Waals surface area (Å²) >= 11 is 0. The van der Waals surface area contributed by atoms with Crippen molar-refractivity contribution in [1.29, 1.82) is 0 Å². The van der Waals surface area contributed by atoms with Gasteiger partial charge in [0.25, 0.3) is 0 Å². The molecule has 0 bridgehead atoms. The van der Waals surface area contributed by atoms with Gasteiger partial charge in [-0.3, -0.25) is 9.69 Å². The van der Waals surface area contributed by atoms with Crippen molar-refractivity contribution in [1.82, 2.24) is 4.90 Å². The summed E-state index contributed by atoms with van der Waals surface area (Å²) in [4.78, 5) is 14.2. The van der Waals surface area contributed by atoms with Crippen molar-refractivity contribution in [3.63, 3.8) is 0 Å². The van der Waals surface area contributed by atoms with Gasteiger partial charge in [0.2, 0.25) is 0 Å². The molecule has 1 heterocycles. The number of hydrogen-bond donors (Lipinski definition) is 0. The van der Waals surface area contributed by atoms with E-state index in [2.05, 4.69) is 21.2 Å². The van der Waals surface area contributed by atoms with Crippen molar-refractivity contribution in [2.45, 2.75) is 25.3 Å². The molecule has 6 nitrogen and oxygen atoms in total. The molecule has 0 aliphatic carbocycles. The maximum absolute atomic E-state index is 12.0. The number of carbonyl (C=O) groups is 1. The van der Waals surface area contributed by atoms with Crippen LogP contribution in [0.5, 0.6) is 5.75 Å². The predicted molar refractivity (Wildman–Crippen MR) is 96.8 cm³/mol. The average molecular weight is 375 g/mol. The first-order valence-corrected chi connectivity index (χ1v) is 9.78. The average Bonchev–Trinajstić information content (AvgIpc) is 2.61. The zero-order chi connectivity index (χ0) is 18.6. The number of benzene rings is 2. The fourth-order valence-electron chi connectivity index (χ4n) is 3.17. The van der Waals surface area contributed by atoms with Crippen molar-refractivity contribution in [2.24, 2.45) is 0 Å². The highest BCUT2D eigenvalue weighted by Gasteiger charge is 2.26. The van der Waals surface area contributed by atoms with E-state index in [0.717, 1.165) is 13.0 Å². The lowest BCUT2D eigenvalue weighted by Gasteiger charge is -2.34. The molecule has 26 heavy (non-hydrogen) atoms. The Morgan fingerprint density at radius 2 is 1.81 bits per heavy atom. The van der Waals surface area contributed by atoms with Crippen LogP contribution in [0.3, 0.4) is 0 Å². The lowest BCUT2D eigenvalue weighted by molar-refractivity contribution is -0.134. The third kappa shape index (κ3) is 4.62. The molecule has 0 fully saturated rings. The molecular weight excluding hydrogens is 354 g/mol. The van der Waals surface area contributed by atoms with E-state index in [9.17, 15) is 13.2 Å². The number of hydrogen-bond acceptors (Lipinski definition) is 6. The van der Waals surface area contributed by atoms with Gasteiger partial charge in [0.15, 0.2) is 0 Å². The van der Waals surface area contributed by atoms with Crippen LogP contribution in [0.25, 0.3) is 0 Å². The van der Waals surface area contributed by atoms with Gasteiger partial charge in [0, 0.05) is 19.0 Å². The second-order valence-electron chi connectivity index (χ2n) is 6.24. The molecule has 0 spiro atoms. The van der Waals surface area contributed by atoms with E-state index in [-0.39, 0.29) is 18.2 Å². The summed E-state index contributed by atoms with van der Waals surface area (Å²) < 4.78 is 33.0. The highest BCUT2D eigenvalue weighted by molar-refractivity contribution is 7.82. The van der Waals surface area contributed by atoms with Crippen LogP contribution in [0, 0.1) is 0 Å². The normalized spacial score (nSPS) is 17.3. The van der Waals surface area contributed by atoms with Crippen LogP contribution in [0.1, 0.15) is 30.0 Å². The largest absolute Gasteiger partial charge is 0.503 e. The van der Waals surface area contributed by atoms with Crippen molar-refractivity contribution in [3.05, 3.63) is 65.7 Å². The van der Waals surface area contributed by atoms with Crippen LogP contribution in [0.2, 0.25) is 0 Å². The Morgan fingerprint density at radius 1 is 1.12 bits per heavy atom. The molecule has 0 aromatic heterocycles. The molecule has 2 aromatic carbocycles. The third-order valence-electron chi connectivity index (χ3n) is 4.44. The van der Waals surface area contributed by atoms with Gasteiger partial charge in [-0.05, 0) is 43.1 Å². The topological polar surface area (TPSA) is 72.9 Å². The number of nitrogens with zero attached hydrogens (tertiary/aromatic N) is 1. The van der Waals surface area contributed by atoms with E-state index in [1.165, 1.54) is 23.3 Å². The number of para-hydroxylation sites is 1. The maximum atomic E-state index is 12.0. The van der Waals surface area contributed by atoms with Crippen LogP contribution in [0.4, 0.5) is 0 Å². The van der Waals surface area contributed by atoms with Crippen molar-refractivity contribution in [2.75, 3.05) is 13.6 Å². The van der Waals surface area contributed by atoms with Gasteiger partial charge in [0.05, 0.1) is 0 Å². The molecule has 0 radical (unpaired) electrons. The molecule has 0 saturated heterocycles. The summed E-state index contributed by atoms with van der Waals surface area (Å²) in [6.45, 7) is 0.895. The molecule has 7 heteroatoms. The monoisotopic (exact) mass is 375 g/mol. The molecule has 1 aliphatic heterocycles. The molecule has 1 atom stereocenters. The van der Waals surface area contributed by atoms with Gasteiger partial charge >= 0.3 is 16.4 Å². The predicted octanol–water partition coefficient (Wildman–Crippen LogP) is 2.86. The van der Waals surface area contributed by atoms with Crippen LogP contribution >= 0.6 is 0 Å². The molecule has 2 aromatic rings. The fraction of sp³-hybridized carbons (Fsp3) is 0.316. The van der Waals surface area contributed by atoms with Crippen LogP contribution in [0.15, 0.2) is 54.6 Å². The maximum Gasteiger partial charge on any atom is 0.503 e. The van der Waals surface area contributed by atoms with Gasteiger partial charge in [0.1, 0.15) is 5.75 Å². The lowest BCUT2D eigenvalue weighted by Crippen LogP contribution is -2.32. The zero-order valence-corrected chi connectivity index (χ0v) is 15.3. The van der Waals surface area contributed by atoms with Crippen LogP contribution in [-0.2, 0) is 25.8 Å². The molecule has 1 aliphatic rings. The molecule has 0 saturated carbocycles. The van der Waals surface area contributed by atoms with Gasteiger partial charge in [-0.25, -0.2) is 0 Å². The van der Waals surface area contributed by atoms with E-state index in [1.54, 1.807) is 18.2 Å². The second-order valence-corrected chi connectivity index (χ2v) is 7.39. The van der Waals surface area contributed by atoms with Crippen molar-refractivity contribution in [3.8, 4) is 5.75 Å². The Balaban J connectivity index is 1.59. The molecule has 138 valence electrons. The lowest BCUT2D eigenvalue weighted by atomic mass is 9.90. The molecule has 0 amide bonds. The summed E-state index contributed by atoms with van der Waals surface area (Å²) in [7, 11) is -2.42. The van der Waals surface area contributed by atoms with E-state index in [1.807, 2.05) is 19.2 Å². The highest BCUT2D eigenvalue weighted by Crippen LogP contribution is 2.32. The molecule has 3 rings (SSSR count). The smallest absolute Gasteiger partial charge is 0.353 e. The van der Waals surface area contributed by atoms with Gasteiger partial charge in [-0.15, -0.1) is 8.42 Å². The Kier molecular flexibility index (Phi) is 5.58. The number of rotatable bonds is 6. The molecular formula is C19H21NO5S. The first kappa shape index (κ1) is 18.4. The molecule has 0 N–H and O–H groups in total. The van der Waals surface area contributed by atoms with Crippen LogP contribution < -0.4 is 4.18 Å². The van der Waals surface area contributed by atoms with Crippen molar-refractivity contribution < 1.29 is 21.6 Å². The SMILES string of the molecule is CN1CCc2ccccc2C1CCC(=O)OS(=O)(=O)Oc1ccccc1. The second kappa shape index (κ2) is 7.88. The standard InChI is InChI=1S/C19H21NO5S/c1-20-14-13-15-7-5-6-10-17(15)18(20)11-12-19(21)25-26(22,23)24-16-8-3-2-4-9-16/h2-10,18H,11-14H2,1H3. The summed E-state index contributed by atoms with van der Waals surface area (Å²) in [5, 5.41) is 0. The fourth-order valence-corrected chi connectivity index (χ4v) is 3.87. The first-order chi connectivity index (χ1) is 12.4. The summed E-state index contributed by atoms with van der Waals surface area (Å²) in [6.07, 6.45) is 1.43. The van der Waals surface area contributed by atoms with Crippen LogP contribution in [-0.4, -0.2) is 32.9 Å². The Labute approximate surface area is 153 Å². The minimum Gasteiger partial charge on any atom is -0.353 e. The van der Waals surface area contributed by atoms with Gasteiger partial charge < -0.3 is 8.37 Å². The van der Waals surface area contributed by atoms with E-state index in [4.69, 9.17) is 4.18 Å². The molecule has 1 unspecified atom stereocenters. The van der Waals surface area contributed by atoms with Gasteiger partial charge in [-0.2, -0.15) is 0 Å². The van der Waals surface area contributed by atoms with Gasteiger partial charge in [-0.1, -0.05) is 42.5 Å². The highest BCUT2D eigenvalue weighted by atomic mass is 32.3. The van der Waals surface area contributed by atoms with E-state index < -0.39 is 16.4 Å². The van der Waals surface area contributed by atoms with E-state index >= 15 is 0 Å². The Morgan fingerprint density at radius 3 is 2.58 bits per heavy atom. The summed E-state index contributed by atoms with van der Waals surface area (Å²) in [6, 6.07) is 16.1. The minimum absolute atomic E-state index is 0.0132. The number of fused-ring (bicyclic) bond motifs is 1. The number of likely N-dealkylation sites (N-methyl/N-ethyl adjacent to an activating group) is 1.